The summed E-state index contributed by atoms with van der Waals surface area (Å²) in [4.78, 5) is 16.9. The highest BCUT2D eigenvalue weighted by molar-refractivity contribution is 7.89. The van der Waals surface area contributed by atoms with Crippen molar-refractivity contribution in [1.29, 1.82) is 10.5 Å². The average Bonchev–Trinajstić information content (AvgIpc) is 3.38. The van der Waals surface area contributed by atoms with Gasteiger partial charge in [-0.1, -0.05) is 23.2 Å². The fraction of sp³-hybridized carbons (Fsp3) is 0.200. The van der Waals surface area contributed by atoms with Gasteiger partial charge in [-0.3, -0.25) is 10.1 Å². The van der Waals surface area contributed by atoms with Crippen LogP contribution in [0.2, 0.25) is 8.67 Å². The molecule has 0 fully saturated rings. The fourth-order valence-electron chi connectivity index (χ4n) is 2.77. The van der Waals surface area contributed by atoms with E-state index in [0.29, 0.717) is 25.1 Å². The number of benzene rings is 1. The maximum absolute atomic E-state index is 12.9. The van der Waals surface area contributed by atoms with Crippen LogP contribution in [0, 0.1) is 22.7 Å². The molecule has 0 aliphatic rings. The summed E-state index contributed by atoms with van der Waals surface area (Å²) < 4.78 is 27.8. The summed E-state index contributed by atoms with van der Waals surface area (Å²) in [6.07, 6.45) is 0.00744. The zero-order valence-corrected chi connectivity index (χ0v) is 20.7. The molecule has 3 aromatic rings. The van der Waals surface area contributed by atoms with Crippen molar-refractivity contribution < 1.29 is 13.2 Å². The van der Waals surface area contributed by atoms with Gasteiger partial charge in [-0.2, -0.15) is 14.8 Å². The molecule has 13 heteroatoms. The summed E-state index contributed by atoms with van der Waals surface area (Å²) in [6, 6.07) is 10.9. The molecule has 1 N–H and O–H groups in total. The summed E-state index contributed by atoms with van der Waals surface area (Å²) in [5, 5.41) is 22.3. The zero-order chi connectivity index (χ0) is 24.0. The van der Waals surface area contributed by atoms with E-state index in [1.54, 1.807) is 11.4 Å². The second kappa shape index (κ2) is 11.1. The fourth-order valence-corrected chi connectivity index (χ4v) is 6.40. The molecule has 2 aromatic heterocycles. The normalized spacial score (nSPS) is 11.2. The molecule has 0 aliphatic heterocycles. The van der Waals surface area contributed by atoms with E-state index >= 15 is 0 Å². The molecule has 0 radical (unpaired) electrons. The summed E-state index contributed by atoms with van der Waals surface area (Å²) in [5.41, 5.74) is 1.50. The smallest absolute Gasteiger partial charge is 0.257 e. The first-order valence-electron chi connectivity index (χ1n) is 9.32. The lowest BCUT2D eigenvalue weighted by atomic mass is 10.2. The van der Waals surface area contributed by atoms with E-state index in [2.05, 4.69) is 10.3 Å². The summed E-state index contributed by atoms with van der Waals surface area (Å²) >= 11 is 14.6. The minimum Gasteiger partial charge on any atom is -0.298 e. The number of carbonyl (C=O) groups is 1. The number of halogens is 2. The van der Waals surface area contributed by atoms with E-state index in [-0.39, 0.29) is 36.4 Å². The number of carbonyl (C=O) groups excluding carboxylic acids is 1. The van der Waals surface area contributed by atoms with Crippen molar-refractivity contribution in [2.75, 3.05) is 18.4 Å². The molecule has 8 nitrogen and oxygen atoms in total. The number of hydrogen-bond donors (Lipinski definition) is 1. The maximum atomic E-state index is 12.9. The molecule has 0 aliphatic carbocycles. The van der Waals surface area contributed by atoms with Crippen LogP contribution in [0.4, 0.5) is 5.13 Å². The third kappa shape index (κ3) is 6.09. The van der Waals surface area contributed by atoms with Gasteiger partial charge in [0.25, 0.3) is 5.91 Å². The Morgan fingerprint density at radius 2 is 1.76 bits per heavy atom. The maximum Gasteiger partial charge on any atom is 0.257 e. The minimum atomic E-state index is -3.91. The Morgan fingerprint density at radius 1 is 1.12 bits per heavy atom. The van der Waals surface area contributed by atoms with Gasteiger partial charge in [0.1, 0.15) is 4.34 Å². The Labute approximate surface area is 208 Å². The number of hydrogen-bond acceptors (Lipinski definition) is 8. The van der Waals surface area contributed by atoms with Gasteiger partial charge in [0, 0.05) is 42.4 Å². The van der Waals surface area contributed by atoms with Crippen LogP contribution in [0.5, 0.6) is 0 Å². The number of aromatic nitrogens is 1. The Morgan fingerprint density at radius 3 is 2.30 bits per heavy atom. The number of rotatable bonds is 9. The highest BCUT2D eigenvalue weighted by Gasteiger charge is 2.24. The number of nitrogens with zero attached hydrogens (tertiary/aromatic N) is 4. The molecule has 170 valence electrons. The Balaban J connectivity index is 1.73. The van der Waals surface area contributed by atoms with E-state index in [0.717, 1.165) is 4.31 Å². The standard InChI is InChI=1S/C20H15Cl2N5O3S3/c21-17-11-15(18(22)32-17)16-12-31-20(25-16)26-19(28)13-3-5-14(6-4-13)33(29,30)27(9-1-7-23)10-2-8-24/h3-6,11-12H,1-2,9-10H2,(H,25,26,28). The van der Waals surface area contributed by atoms with Crippen molar-refractivity contribution in [2.24, 2.45) is 0 Å². The molecule has 0 spiro atoms. The molecule has 0 saturated carbocycles. The highest BCUT2D eigenvalue weighted by atomic mass is 35.5. The van der Waals surface area contributed by atoms with Gasteiger partial charge in [0.15, 0.2) is 5.13 Å². The van der Waals surface area contributed by atoms with Crippen LogP contribution in [-0.4, -0.2) is 36.7 Å². The van der Waals surface area contributed by atoms with E-state index in [1.807, 2.05) is 12.1 Å². The van der Waals surface area contributed by atoms with E-state index in [9.17, 15) is 13.2 Å². The lowest BCUT2D eigenvalue weighted by molar-refractivity contribution is 0.102. The van der Waals surface area contributed by atoms with Crippen molar-refractivity contribution in [2.45, 2.75) is 17.7 Å². The topological polar surface area (TPSA) is 127 Å². The number of nitrogens with one attached hydrogen (secondary N) is 1. The molecule has 3 rings (SSSR count). The van der Waals surface area contributed by atoms with Gasteiger partial charge >= 0.3 is 0 Å². The monoisotopic (exact) mass is 539 g/mol. The molecule has 0 atom stereocenters. The van der Waals surface area contributed by atoms with Crippen molar-refractivity contribution >= 4 is 66.9 Å². The predicted molar refractivity (Wildman–Crippen MR) is 129 cm³/mol. The van der Waals surface area contributed by atoms with Crippen LogP contribution < -0.4 is 5.32 Å². The van der Waals surface area contributed by atoms with Crippen molar-refractivity contribution in [1.82, 2.24) is 9.29 Å². The van der Waals surface area contributed by atoms with Gasteiger partial charge in [-0.25, -0.2) is 13.4 Å². The summed E-state index contributed by atoms with van der Waals surface area (Å²) in [5.74, 6) is -0.458. The first-order chi connectivity index (χ1) is 15.8. The molecule has 33 heavy (non-hydrogen) atoms. The predicted octanol–water partition coefficient (Wildman–Crippen LogP) is 5.25. The molecular weight excluding hydrogens is 525 g/mol. The quantitative estimate of drug-likeness (QED) is 0.395. The van der Waals surface area contributed by atoms with Crippen LogP contribution in [0.15, 0.2) is 40.6 Å². The number of sulfonamides is 1. The number of anilines is 1. The van der Waals surface area contributed by atoms with Gasteiger partial charge in [-0.05, 0) is 30.3 Å². The first-order valence-corrected chi connectivity index (χ1v) is 13.2. The van der Waals surface area contributed by atoms with Crippen LogP contribution in [0.25, 0.3) is 11.3 Å². The largest absolute Gasteiger partial charge is 0.298 e. The van der Waals surface area contributed by atoms with E-state index < -0.39 is 15.9 Å². The van der Waals surface area contributed by atoms with E-state index in [4.69, 9.17) is 33.7 Å². The lowest BCUT2D eigenvalue weighted by Crippen LogP contribution is -2.32. The van der Waals surface area contributed by atoms with Gasteiger partial charge in [0.2, 0.25) is 10.0 Å². The van der Waals surface area contributed by atoms with Gasteiger partial charge < -0.3 is 0 Å². The second-order valence-corrected chi connectivity index (χ2v) is 11.6. The third-order valence-electron chi connectivity index (χ3n) is 4.36. The number of nitriles is 2. The summed E-state index contributed by atoms with van der Waals surface area (Å²) in [7, 11) is -3.91. The number of thiazole rings is 1. The SMILES string of the molecule is N#CCCN(CCC#N)S(=O)(=O)c1ccc(C(=O)Nc2nc(-c3cc(Cl)sc3Cl)cs2)cc1. The van der Waals surface area contributed by atoms with E-state index in [1.165, 1.54) is 46.9 Å². The van der Waals surface area contributed by atoms with Crippen LogP contribution in [0.3, 0.4) is 0 Å². The number of thiophene rings is 1. The molecule has 0 unspecified atom stereocenters. The van der Waals surface area contributed by atoms with Crippen LogP contribution >= 0.6 is 45.9 Å². The van der Waals surface area contributed by atoms with Crippen LogP contribution in [0.1, 0.15) is 23.2 Å². The highest BCUT2D eigenvalue weighted by Crippen LogP contribution is 2.39. The zero-order valence-electron chi connectivity index (χ0n) is 16.8. The minimum absolute atomic E-state index is 0.00372. The lowest BCUT2D eigenvalue weighted by Gasteiger charge is -2.20. The third-order valence-corrected chi connectivity index (χ3v) is 8.52. The average molecular weight is 540 g/mol. The summed E-state index contributed by atoms with van der Waals surface area (Å²) in [6.45, 7) is -0.0387. The number of amides is 1. The molecule has 2 heterocycles. The molecule has 1 aromatic carbocycles. The first kappa shape index (κ1) is 25.1. The van der Waals surface area contributed by atoms with Gasteiger partial charge in [-0.15, -0.1) is 22.7 Å². The Hall–Kier alpha value is -2.51. The van der Waals surface area contributed by atoms with Crippen molar-refractivity contribution in [3.8, 4) is 23.4 Å². The molecule has 0 bridgehead atoms. The molecular formula is C20H15Cl2N5O3S3. The molecule has 1 amide bonds. The van der Waals surface area contributed by atoms with Gasteiger partial charge in [0.05, 0.1) is 27.1 Å². The van der Waals surface area contributed by atoms with Crippen molar-refractivity contribution in [3.63, 3.8) is 0 Å². The van der Waals surface area contributed by atoms with Crippen molar-refractivity contribution in [3.05, 3.63) is 49.9 Å². The Kier molecular flexibility index (Phi) is 8.43. The van der Waals surface area contributed by atoms with Crippen LogP contribution in [-0.2, 0) is 10.0 Å². The second-order valence-electron chi connectivity index (χ2n) is 6.47. The Bertz CT molecular complexity index is 1320. The molecule has 0 saturated heterocycles.